The smallest absolute Gasteiger partial charge is 0.303 e. The third kappa shape index (κ3) is 3.86. The van der Waals surface area contributed by atoms with Gasteiger partial charge in [0, 0.05) is 0 Å². The SMILES string of the molecule is CCCCC(CC(=O)O)c1c(C)cc(C)cc1C. The van der Waals surface area contributed by atoms with E-state index in [0.29, 0.717) is 0 Å². The van der Waals surface area contributed by atoms with Crippen molar-refractivity contribution in [1.82, 2.24) is 0 Å². The molecule has 0 radical (unpaired) electrons. The first-order valence-electron chi connectivity index (χ1n) is 6.75. The lowest BCUT2D eigenvalue weighted by Gasteiger charge is -2.20. The third-order valence-electron chi connectivity index (χ3n) is 3.47. The summed E-state index contributed by atoms with van der Waals surface area (Å²) >= 11 is 0. The molecule has 0 amide bonds. The third-order valence-corrected chi connectivity index (χ3v) is 3.47. The van der Waals surface area contributed by atoms with E-state index < -0.39 is 5.97 Å². The number of benzene rings is 1. The van der Waals surface area contributed by atoms with Crippen LogP contribution in [0.2, 0.25) is 0 Å². The van der Waals surface area contributed by atoms with Crippen molar-refractivity contribution in [3.8, 4) is 0 Å². The first-order valence-corrected chi connectivity index (χ1v) is 6.75. The summed E-state index contributed by atoms with van der Waals surface area (Å²) in [7, 11) is 0. The highest BCUT2D eigenvalue weighted by Crippen LogP contribution is 2.31. The van der Waals surface area contributed by atoms with Gasteiger partial charge in [-0.05, 0) is 49.8 Å². The predicted molar refractivity (Wildman–Crippen MR) is 75.2 cm³/mol. The van der Waals surface area contributed by atoms with E-state index in [2.05, 4.69) is 39.8 Å². The Morgan fingerprint density at radius 3 is 2.22 bits per heavy atom. The zero-order valence-electron chi connectivity index (χ0n) is 11.9. The number of aliphatic carboxylic acids is 1. The molecule has 1 N–H and O–H groups in total. The Balaban J connectivity index is 3.07. The number of hydrogen-bond donors (Lipinski definition) is 1. The van der Waals surface area contributed by atoms with E-state index in [1.165, 1.54) is 22.3 Å². The molecule has 0 spiro atoms. The van der Waals surface area contributed by atoms with Crippen LogP contribution >= 0.6 is 0 Å². The average Bonchev–Trinajstić information content (AvgIpc) is 2.23. The minimum absolute atomic E-state index is 0.156. The van der Waals surface area contributed by atoms with Gasteiger partial charge in [0.05, 0.1) is 6.42 Å². The van der Waals surface area contributed by atoms with Gasteiger partial charge in [0.25, 0.3) is 0 Å². The molecule has 1 rings (SSSR count). The Hall–Kier alpha value is -1.31. The van der Waals surface area contributed by atoms with Gasteiger partial charge in [0.1, 0.15) is 0 Å². The lowest BCUT2D eigenvalue weighted by atomic mass is 9.84. The van der Waals surface area contributed by atoms with Gasteiger partial charge >= 0.3 is 5.97 Å². The van der Waals surface area contributed by atoms with Crippen molar-refractivity contribution in [3.63, 3.8) is 0 Å². The molecule has 1 unspecified atom stereocenters. The Labute approximate surface area is 110 Å². The summed E-state index contributed by atoms with van der Waals surface area (Å²) in [5.74, 6) is -0.543. The highest BCUT2D eigenvalue weighted by Gasteiger charge is 2.19. The van der Waals surface area contributed by atoms with Crippen molar-refractivity contribution in [1.29, 1.82) is 0 Å². The molecule has 100 valence electrons. The number of aryl methyl sites for hydroxylation is 3. The van der Waals surface area contributed by atoms with Crippen molar-refractivity contribution in [3.05, 3.63) is 34.4 Å². The lowest BCUT2D eigenvalue weighted by molar-refractivity contribution is -0.137. The Kier molecular flexibility index (Phi) is 5.39. The van der Waals surface area contributed by atoms with Crippen LogP contribution in [-0.2, 0) is 4.79 Å². The van der Waals surface area contributed by atoms with Gasteiger partial charge in [-0.2, -0.15) is 0 Å². The van der Waals surface area contributed by atoms with Crippen LogP contribution in [0, 0.1) is 20.8 Å². The first-order chi connectivity index (χ1) is 8.45. The largest absolute Gasteiger partial charge is 0.481 e. The average molecular weight is 248 g/mol. The van der Waals surface area contributed by atoms with Crippen LogP contribution < -0.4 is 0 Å². The van der Waals surface area contributed by atoms with Crippen LogP contribution in [0.15, 0.2) is 12.1 Å². The maximum atomic E-state index is 11.0. The molecule has 0 fully saturated rings. The molecule has 0 saturated carbocycles. The van der Waals surface area contributed by atoms with Gasteiger partial charge in [0.15, 0.2) is 0 Å². The van der Waals surface area contributed by atoms with Crippen LogP contribution in [0.4, 0.5) is 0 Å². The molecule has 1 aromatic rings. The fraction of sp³-hybridized carbons (Fsp3) is 0.562. The van der Waals surface area contributed by atoms with Crippen LogP contribution in [-0.4, -0.2) is 11.1 Å². The molecule has 1 aromatic carbocycles. The van der Waals surface area contributed by atoms with Gasteiger partial charge in [-0.1, -0.05) is 37.5 Å². The summed E-state index contributed by atoms with van der Waals surface area (Å²) in [6.45, 7) is 8.42. The highest BCUT2D eigenvalue weighted by molar-refractivity contribution is 5.68. The van der Waals surface area contributed by atoms with Gasteiger partial charge < -0.3 is 5.11 Å². The highest BCUT2D eigenvalue weighted by atomic mass is 16.4. The number of rotatable bonds is 6. The normalized spacial score (nSPS) is 12.4. The Morgan fingerprint density at radius 2 is 1.78 bits per heavy atom. The maximum absolute atomic E-state index is 11.0. The summed E-state index contributed by atoms with van der Waals surface area (Å²) in [5.41, 5.74) is 4.96. The van der Waals surface area contributed by atoms with E-state index in [1.54, 1.807) is 0 Å². The molecule has 2 nitrogen and oxygen atoms in total. The van der Waals surface area contributed by atoms with Crippen molar-refractivity contribution >= 4 is 5.97 Å². The second-order valence-corrected chi connectivity index (χ2v) is 5.25. The molecule has 0 aliphatic heterocycles. The second-order valence-electron chi connectivity index (χ2n) is 5.25. The number of carboxylic acid groups (broad SMARTS) is 1. The second kappa shape index (κ2) is 6.58. The minimum atomic E-state index is -0.699. The van der Waals surface area contributed by atoms with Crippen LogP contribution in [0.1, 0.15) is 60.8 Å². The molecule has 0 bridgehead atoms. The summed E-state index contributed by atoms with van der Waals surface area (Å²) in [4.78, 5) is 11.0. The molecule has 1 atom stereocenters. The molecule has 0 saturated heterocycles. The van der Waals surface area contributed by atoms with Crippen LogP contribution in [0.25, 0.3) is 0 Å². The van der Waals surface area contributed by atoms with Crippen LogP contribution in [0.3, 0.4) is 0 Å². The van der Waals surface area contributed by atoms with Gasteiger partial charge in [-0.3, -0.25) is 4.79 Å². The summed E-state index contributed by atoms with van der Waals surface area (Å²) in [6.07, 6.45) is 3.41. The minimum Gasteiger partial charge on any atom is -0.481 e. The van der Waals surface area contributed by atoms with E-state index in [0.717, 1.165) is 19.3 Å². The van der Waals surface area contributed by atoms with E-state index in [9.17, 15) is 4.79 Å². The molecule has 18 heavy (non-hydrogen) atoms. The molecular formula is C16H24O2. The van der Waals surface area contributed by atoms with Crippen molar-refractivity contribution < 1.29 is 9.90 Å². The zero-order valence-corrected chi connectivity index (χ0v) is 11.9. The fourth-order valence-electron chi connectivity index (χ4n) is 2.84. The van der Waals surface area contributed by atoms with E-state index in [4.69, 9.17) is 5.11 Å². The molecular weight excluding hydrogens is 224 g/mol. The van der Waals surface area contributed by atoms with Crippen molar-refractivity contribution in [2.24, 2.45) is 0 Å². The van der Waals surface area contributed by atoms with Gasteiger partial charge in [-0.15, -0.1) is 0 Å². The van der Waals surface area contributed by atoms with Crippen molar-refractivity contribution in [2.75, 3.05) is 0 Å². The Morgan fingerprint density at radius 1 is 1.22 bits per heavy atom. The summed E-state index contributed by atoms with van der Waals surface area (Å²) in [5, 5.41) is 9.08. The first kappa shape index (κ1) is 14.7. The monoisotopic (exact) mass is 248 g/mol. The standard InChI is InChI=1S/C16H24O2/c1-5-6-7-14(10-15(17)18)16-12(3)8-11(2)9-13(16)4/h8-9,14H,5-7,10H2,1-4H3,(H,17,18). The lowest BCUT2D eigenvalue weighted by Crippen LogP contribution is -2.10. The van der Waals surface area contributed by atoms with Crippen LogP contribution in [0.5, 0.6) is 0 Å². The van der Waals surface area contributed by atoms with E-state index in [1.807, 2.05) is 0 Å². The number of carbonyl (C=O) groups is 1. The zero-order chi connectivity index (χ0) is 13.7. The number of carboxylic acids is 1. The topological polar surface area (TPSA) is 37.3 Å². The van der Waals surface area contributed by atoms with Gasteiger partial charge in [-0.25, -0.2) is 0 Å². The summed E-state index contributed by atoms with van der Waals surface area (Å²) < 4.78 is 0. The molecule has 0 heterocycles. The Bertz CT molecular complexity index is 398. The molecule has 2 heteroatoms. The predicted octanol–water partition coefficient (Wildman–Crippen LogP) is 4.36. The molecule has 0 aliphatic carbocycles. The number of unbranched alkanes of at least 4 members (excludes halogenated alkanes) is 1. The summed E-state index contributed by atoms with van der Waals surface area (Å²) in [6, 6.07) is 4.31. The fourth-order valence-corrected chi connectivity index (χ4v) is 2.84. The molecule has 0 aromatic heterocycles. The van der Waals surface area contributed by atoms with E-state index in [-0.39, 0.29) is 12.3 Å². The van der Waals surface area contributed by atoms with E-state index >= 15 is 0 Å². The van der Waals surface area contributed by atoms with Crippen molar-refractivity contribution in [2.45, 2.75) is 59.3 Å². The quantitative estimate of drug-likeness (QED) is 0.812. The maximum Gasteiger partial charge on any atom is 0.303 e. The molecule has 0 aliphatic rings. The van der Waals surface area contributed by atoms with Gasteiger partial charge in [0.2, 0.25) is 0 Å². The number of hydrogen-bond acceptors (Lipinski definition) is 1.